The molecule has 0 aliphatic rings. The fourth-order valence-electron chi connectivity index (χ4n) is 1.86. The lowest BCUT2D eigenvalue weighted by Gasteiger charge is -2.24. The van der Waals surface area contributed by atoms with Crippen molar-refractivity contribution in [1.82, 2.24) is 0 Å². The molecule has 0 saturated carbocycles. The normalized spacial score (nSPS) is 14.1. The Kier molecular flexibility index (Phi) is 4.86. The standard InChI is InChI=1S/C15H18ClNOS/c1-3-12(17)15(14-5-4-8-19-14)18-13-9-11(16)7-6-10(13)2/h4-9,12,15H,3,17H2,1-2H3. The topological polar surface area (TPSA) is 35.2 Å². The predicted octanol–water partition coefficient (Wildman–Crippen LogP) is 4.57. The van der Waals surface area contributed by atoms with Crippen LogP contribution in [0.1, 0.15) is 29.9 Å². The predicted molar refractivity (Wildman–Crippen MR) is 82.1 cm³/mol. The van der Waals surface area contributed by atoms with E-state index in [9.17, 15) is 0 Å². The number of thiophene rings is 1. The number of nitrogens with two attached hydrogens (primary N) is 1. The number of hydrogen-bond acceptors (Lipinski definition) is 3. The maximum absolute atomic E-state index is 6.19. The Morgan fingerprint density at radius 3 is 2.79 bits per heavy atom. The van der Waals surface area contributed by atoms with Crippen molar-refractivity contribution in [3.63, 3.8) is 0 Å². The fraction of sp³-hybridized carbons (Fsp3) is 0.333. The monoisotopic (exact) mass is 295 g/mol. The molecule has 2 rings (SSSR count). The van der Waals surface area contributed by atoms with Crippen molar-refractivity contribution in [3.8, 4) is 5.75 Å². The van der Waals surface area contributed by atoms with Crippen LogP contribution in [0.2, 0.25) is 5.02 Å². The average molecular weight is 296 g/mol. The van der Waals surface area contributed by atoms with Gasteiger partial charge in [-0.1, -0.05) is 30.7 Å². The van der Waals surface area contributed by atoms with Gasteiger partial charge in [-0.05, 0) is 42.5 Å². The van der Waals surface area contributed by atoms with Crippen LogP contribution in [-0.4, -0.2) is 6.04 Å². The molecular formula is C15H18ClNOS. The second kappa shape index (κ2) is 6.42. The van der Waals surface area contributed by atoms with Crippen LogP contribution in [0, 0.1) is 6.92 Å². The molecule has 0 aliphatic heterocycles. The van der Waals surface area contributed by atoms with E-state index in [2.05, 4.69) is 13.0 Å². The minimum atomic E-state index is -0.123. The van der Waals surface area contributed by atoms with Gasteiger partial charge in [-0.3, -0.25) is 0 Å². The molecule has 1 aromatic carbocycles. The summed E-state index contributed by atoms with van der Waals surface area (Å²) in [5, 5.41) is 2.72. The van der Waals surface area contributed by atoms with Gasteiger partial charge in [0.15, 0.2) is 0 Å². The van der Waals surface area contributed by atoms with Crippen LogP contribution in [0.4, 0.5) is 0 Å². The summed E-state index contributed by atoms with van der Waals surface area (Å²) in [4.78, 5) is 1.15. The van der Waals surface area contributed by atoms with Crippen molar-refractivity contribution in [2.24, 2.45) is 5.73 Å². The Balaban J connectivity index is 2.28. The molecule has 4 heteroatoms. The quantitative estimate of drug-likeness (QED) is 0.877. The van der Waals surface area contributed by atoms with Gasteiger partial charge in [0.25, 0.3) is 0 Å². The number of rotatable bonds is 5. The van der Waals surface area contributed by atoms with Gasteiger partial charge in [0.1, 0.15) is 11.9 Å². The zero-order valence-corrected chi connectivity index (χ0v) is 12.7. The maximum Gasteiger partial charge on any atom is 0.148 e. The average Bonchev–Trinajstić information content (AvgIpc) is 2.92. The summed E-state index contributed by atoms with van der Waals surface area (Å²) in [5.41, 5.74) is 7.26. The number of benzene rings is 1. The zero-order chi connectivity index (χ0) is 13.8. The Morgan fingerprint density at radius 2 is 2.16 bits per heavy atom. The summed E-state index contributed by atoms with van der Waals surface area (Å²) in [5.74, 6) is 0.801. The second-order valence-electron chi connectivity index (χ2n) is 4.54. The lowest BCUT2D eigenvalue weighted by Crippen LogP contribution is -2.31. The molecule has 0 aliphatic carbocycles. The molecule has 0 radical (unpaired) electrons. The molecule has 0 amide bonds. The second-order valence-corrected chi connectivity index (χ2v) is 5.95. The van der Waals surface area contributed by atoms with Gasteiger partial charge in [-0.25, -0.2) is 0 Å². The minimum absolute atomic E-state index is 0.0305. The highest BCUT2D eigenvalue weighted by atomic mass is 35.5. The number of hydrogen-bond donors (Lipinski definition) is 1. The SMILES string of the molecule is CCC(N)C(Oc1cc(Cl)ccc1C)c1cccs1. The zero-order valence-electron chi connectivity index (χ0n) is 11.1. The molecule has 2 N–H and O–H groups in total. The highest BCUT2D eigenvalue weighted by Gasteiger charge is 2.22. The fourth-order valence-corrected chi connectivity index (χ4v) is 2.85. The van der Waals surface area contributed by atoms with Gasteiger partial charge < -0.3 is 10.5 Å². The Bertz CT molecular complexity index is 527. The van der Waals surface area contributed by atoms with Gasteiger partial charge in [-0.2, -0.15) is 0 Å². The molecule has 0 bridgehead atoms. The van der Waals surface area contributed by atoms with Crippen LogP contribution < -0.4 is 10.5 Å². The smallest absolute Gasteiger partial charge is 0.148 e. The first kappa shape index (κ1) is 14.4. The van der Waals surface area contributed by atoms with E-state index in [1.165, 1.54) is 0 Å². The Morgan fingerprint density at radius 1 is 1.37 bits per heavy atom. The molecule has 19 heavy (non-hydrogen) atoms. The molecular weight excluding hydrogens is 278 g/mol. The van der Waals surface area contributed by atoms with Crippen LogP contribution in [0.3, 0.4) is 0 Å². The summed E-state index contributed by atoms with van der Waals surface area (Å²) >= 11 is 7.70. The Hall–Kier alpha value is -1.03. The van der Waals surface area contributed by atoms with Gasteiger partial charge in [-0.15, -0.1) is 11.3 Å². The van der Waals surface area contributed by atoms with E-state index in [0.717, 1.165) is 22.6 Å². The largest absolute Gasteiger partial charge is 0.483 e. The number of halogens is 1. The van der Waals surface area contributed by atoms with E-state index in [0.29, 0.717) is 5.02 Å². The molecule has 1 heterocycles. The van der Waals surface area contributed by atoms with E-state index < -0.39 is 0 Å². The van der Waals surface area contributed by atoms with E-state index in [1.807, 2.05) is 36.6 Å². The lowest BCUT2D eigenvalue weighted by atomic mass is 10.1. The van der Waals surface area contributed by atoms with Crippen LogP contribution in [-0.2, 0) is 0 Å². The van der Waals surface area contributed by atoms with Crippen molar-refractivity contribution in [2.45, 2.75) is 32.4 Å². The molecule has 2 nitrogen and oxygen atoms in total. The van der Waals surface area contributed by atoms with Crippen LogP contribution in [0.15, 0.2) is 35.7 Å². The summed E-state index contributed by atoms with van der Waals surface area (Å²) in [6, 6.07) is 9.72. The maximum atomic E-state index is 6.19. The third kappa shape index (κ3) is 3.50. The Labute approximate surface area is 123 Å². The molecule has 0 saturated heterocycles. The van der Waals surface area contributed by atoms with E-state index in [1.54, 1.807) is 11.3 Å². The number of aryl methyl sites for hydroxylation is 1. The molecule has 2 atom stereocenters. The summed E-state index contributed by atoms with van der Waals surface area (Å²) in [6.07, 6.45) is 0.740. The third-order valence-electron chi connectivity index (χ3n) is 3.09. The molecule has 102 valence electrons. The molecule has 2 unspecified atom stereocenters. The van der Waals surface area contributed by atoms with Gasteiger partial charge in [0, 0.05) is 15.9 Å². The first-order valence-electron chi connectivity index (χ1n) is 6.33. The van der Waals surface area contributed by atoms with Crippen molar-refractivity contribution in [3.05, 3.63) is 51.2 Å². The molecule has 2 aromatic rings. The number of ether oxygens (including phenoxy) is 1. The van der Waals surface area contributed by atoms with Gasteiger partial charge in [0.05, 0.1) is 0 Å². The highest BCUT2D eigenvalue weighted by molar-refractivity contribution is 7.10. The van der Waals surface area contributed by atoms with Gasteiger partial charge >= 0.3 is 0 Å². The van der Waals surface area contributed by atoms with Crippen molar-refractivity contribution in [1.29, 1.82) is 0 Å². The minimum Gasteiger partial charge on any atom is -0.483 e. The van der Waals surface area contributed by atoms with Crippen LogP contribution in [0.5, 0.6) is 5.75 Å². The summed E-state index contributed by atoms with van der Waals surface area (Å²) in [7, 11) is 0. The van der Waals surface area contributed by atoms with E-state index in [4.69, 9.17) is 22.1 Å². The van der Waals surface area contributed by atoms with Crippen LogP contribution >= 0.6 is 22.9 Å². The van der Waals surface area contributed by atoms with E-state index >= 15 is 0 Å². The van der Waals surface area contributed by atoms with Crippen LogP contribution in [0.25, 0.3) is 0 Å². The summed E-state index contributed by atoms with van der Waals surface area (Å²) < 4.78 is 6.12. The summed E-state index contributed by atoms with van der Waals surface area (Å²) in [6.45, 7) is 4.08. The highest BCUT2D eigenvalue weighted by Crippen LogP contribution is 2.31. The van der Waals surface area contributed by atoms with Crippen molar-refractivity contribution in [2.75, 3.05) is 0 Å². The van der Waals surface area contributed by atoms with Gasteiger partial charge in [0.2, 0.25) is 0 Å². The lowest BCUT2D eigenvalue weighted by molar-refractivity contribution is 0.173. The van der Waals surface area contributed by atoms with E-state index in [-0.39, 0.29) is 12.1 Å². The van der Waals surface area contributed by atoms with Crippen molar-refractivity contribution >= 4 is 22.9 Å². The van der Waals surface area contributed by atoms with Crippen molar-refractivity contribution < 1.29 is 4.74 Å². The first-order valence-corrected chi connectivity index (χ1v) is 7.59. The molecule has 0 fully saturated rings. The third-order valence-corrected chi connectivity index (χ3v) is 4.26. The first-order chi connectivity index (χ1) is 9.11. The molecule has 0 spiro atoms. The molecule has 1 aromatic heterocycles.